The number of morpholine rings is 1. The summed E-state index contributed by atoms with van der Waals surface area (Å²) in [5.74, 6) is -3.58. The number of Topliss-reactive ketones (excluding diaryl/α,β-unsaturated/α-hetero) is 1. The molecule has 2 saturated heterocycles. The van der Waals surface area contributed by atoms with Crippen LogP contribution < -0.4 is 0 Å². The van der Waals surface area contributed by atoms with Crippen molar-refractivity contribution >= 4 is 17.6 Å². The Balaban J connectivity index is 1.38. The molecule has 3 aliphatic heterocycles. The van der Waals surface area contributed by atoms with Crippen LogP contribution in [0.1, 0.15) is 37.7 Å². The maximum Gasteiger partial charge on any atom is 0.274 e. The van der Waals surface area contributed by atoms with Crippen LogP contribution in [0.4, 0.5) is 4.39 Å². The first-order valence-corrected chi connectivity index (χ1v) is 12.0. The average molecular weight is 472 g/mol. The zero-order valence-electron chi connectivity index (χ0n) is 19.2. The van der Waals surface area contributed by atoms with Crippen LogP contribution in [0.2, 0.25) is 0 Å². The molecule has 2 amide bonds. The second kappa shape index (κ2) is 9.11. The molecule has 0 bridgehead atoms. The fraction of sp³-hybridized carbons (Fsp3) is 0.560. The molecule has 8 nitrogen and oxygen atoms in total. The van der Waals surface area contributed by atoms with Crippen molar-refractivity contribution in [3.05, 3.63) is 47.1 Å². The molecule has 0 spiro atoms. The highest BCUT2D eigenvalue weighted by molar-refractivity contribution is 6.17. The summed E-state index contributed by atoms with van der Waals surface area (Å²) in [6.07, 6.45) is 4.25. The van der Waals surface area contributed by atoms with Gasteiger partial charge in [-0.3, -0.25) is 19.3 Å². The van der Waals surface area contributed by atoms with E-state index in [1.807, 2.05) is 0 Å². The van der Waals surface area contributed by atoms with E-state index in [1.54, 1.807) is 12.1 Å². The Hall–Kier alpha value is -2.78. The molecule has 9 heteroatoms. The third kappa shape index (κ3) is 4.01. The number of ketones is 1. The van der Waals surface area contributed by atoms with Crippen molar-refractivity contribution < 1.29 is 28.6 Å². The number of amides is 2. The Morgan fingerprint density at radius 1 is 1.00 bits per heavy atom. The lowest BCUT2D eigenvalue weighted by Crippen LogP contribution is -2.59. The number of aliphatic hydroxyl groups excluding tert-OH is 1. The molecular formula is C25H30FN3O5. The minimum absolute atomic E-state index is 0.204. The molecule has 3 heterocycles. The normalized spacial score (nSPS) is 25.8. The predicted octanol–water partition coefficient (Wildman–Crippen LogP) is 2.00. The molecule has 1 atom stereocenters. The summed E-state index contributed by atoms with van der Waals surface area (Å²) >= 11 is 0. The van der Waals surface area contributed by atoms with Crippen molar-refractivity contribution in [2.75, 3.05) is 39.4 Å². The van der Waals surface area contributed by atoms with Crippen molar-refractivity contribution in [1.29, 1.82) is 0 Å². The lowest BCUT2D eigenvalue weighted by atomic mass is 9.79. The molecule has 34 heavy (non-hydrogen) atoms. The largest absolute Gasteiger partial charge is 0.503 e. The van der Waals surface area contributed by atoms with E-state index in [1.165, 1.54) is 21.9 Å². The van der Waals surface area contributed by atoms with E-state index >= 15 is 0 Å². The predicted molar refractivity (Wildman–Crippen MR) is 120 cm³/mol. The number of piperazine rings is 1. The van der Waals surface area contributed by atoms with Crippen LogP contribution in [-0.2, 0) is 25.7 Å². The van der Waals surface area contributed by atoms with Crippen LogP contribution >= 0.6 is 0 Å². The number of ether oxygens (including phenoxy) is 1. The molecule has 1 saturated carbocycles. The molecule has 1 aliphatic carbocycles. The first kappa shape index (κ1) is 23.0. The average Bonchev–Trinajstić information content (AvgIpc) is 3.33. The summed E-state index contributed by atoms with van der Waals surface area (Å²) in [5, 5.41) is 10.8. The zero-order valence-corrected chi connectivity index (χ0v) is 19.2. The van der Waals surface area contributed by atoms with E-state index in [2.05, 4.69) is 4.90 Å². The van der Waals surface area contributed by atoms with Crippen molar-refractivity contribution in [2.45, 2.75) is 44.2 Å². The van der Waals surface area contributed by atoms with E-state index in [4.69, 9.17) is 4.74 Å². The van der Waals surface area contributed by atoms with Crippen molar-refractivity contribution in [2.24, 2.45) is 5.92 Å². The summed E-state index contributed by atoms with van der Waals surface area (Å²) in [5.41, 5.74) is 0.237. The maximum absolute atomic E-state index is 13.5. The van der Waals surface area contributed by atoms with Crippen LogP contribution in [0, 0.1) is 11.7 Å². The SMILES string of the molecule is O=C1C(O)=C2C(=O)N(Cc3ccc(F)cc3)CCN2C(=O)C1CC1(N2CCOCC2)CCCC1. The van der Waals surface area contributed by atoms with Gasteiger partial charge in [-0.05, 0) is 37.0 Å². The lowest BCUT2D eigenvalue weighted by molar-refractivity contribution is -0.151. The van der Waals surface area contributed by atoms with Gasteiger partial charge in [0.05, 0.1) is 13.2 Å². The minimum Gasteiger partial charge on any atom is -0.503 e. The van der Waals surface area contributed by atoms with Crippen LogP contribution in [0.15, 0.2) is 35.7 Å². The highest BCUT2D eigenvalue weighted by Gasteiger charge is 2.51. The molecule has 1 unspecified atom stereocenters. The van der Waals surface area contributed by atoms with E-state index in [0.717, 1.165) is 44.3 Å². The fourth-order valence-corrected chi connectivity index (χ4v) is 5.97. The number of carbonyl (C=O) groups excluding carboxylic acids is 3. The molecule has 3 fully saturated rings. The number of halogens is 1. The molecule has 182 valence electrons. The van der Waals surface area contributed by atoms with Gasteiger partial charge in [-0.2, -0.15) is 0 Å². The van der Waals surface area contributed by atoms with Gasteiger partial charge >= 0.3 is 0 Å². The number of carbonyl (C=O) groups is 3. The van der Waals surface area contributed by atoms with Crippen LogP contribution in [-0.4, -0.2) is 82.3 Å². The third-order valence-corrected chi connectivity index (χ3v) is 7.78. The summed E-state index contributed by atoms with van der Waals surface area (Å²) in [6.45, 7) is 3.48. The second-order valence-corrected chi connectivity index (χ2v) is 9.69. The molecule has 1 N–H and O–H groups in total. The van der Waals surface area contributed by atoms with Crippen molar-refractivity contribution in [3.8, 4) is 0 Å². The van der Waals surface area contributed by atoms with Gasteiger partial charge in [0.15, 0.2) is 11.5 Å². The number of hydrogen-bond acceptors (Lipinski definition) is 6. The Labute approximate surface area is 197 Å². The summed E-state index contributed by atoms with van der Waals surface area (Å²) < 4.78 is 18.7. The van der Waals surface area contributed by atoms with Gasteiger partial charge in [0, 0.05) is 38.3 Å². The standard InChI is InChI=1S/C25H30FN3O5/c26-18-5-3-17(4-6-18)16-27-9-10-29-20(24(27)33)22(31)21(30)19(23(29)32)15-25(7-1-2-8-25)28-11-13-34-14-12-28/h3-6,19,31H,1-2,7-16H2. The molecular weight excluding hydrogens is 441 g/mol. The zero-order chi connectivity index (χ0) is 23.9. The Morgan fingerprint density at radius 3 is 2.35 bits per heavy atom. The highest BCUT2D eigenvalue weighted by Crippen LogP contribution is 2.43. The third-order valence-electron chi connectivity index (χ3n) is 7.78. The van der Waals surface area contributed by atoms with Crippen LogP contribution in [0.25, 0.3) is 0 Å². The van der Waals surface area contributed by atoms with E-state index in [9.17, 15) is 23.9 Å². The molecule has 0 aromatic heterocycles. The van der Waals surface area contributed by atoms with Crippen LogP contribution in [0.5, 0.6) is 0 Å². The number of benzene rings is 1. The van der Waals surface area contributed by atoms with Gasteiger partial charge in [0.25, 0.3) is 5.91 Å². The van der Waals surface area contributed by atoms with Crippen molar-refractivity contribution in [1.82, 2.24) is 14.7 Å². The van der Waals surface area contributed by atoms with E-state index in [-0.39, 0.29) is 36.7 Å². The smallest absolute Gasteiger partial charge is 0.274 e. The quantitative estimate of drug-likeness (QED) is 0.661. The number of aliphatic hydroxyl groups is 1. The highest BCUT2D eigenvalue weighted by atomic mass is 19.1. The molecule has 1 aromatic rings. The van der Waals surface area contributed by atoms with E-state index in [0.29, 0.717) is 19.6 Å². The number of allylic oxidation sites excluding steroid dienone is 1. The number of hydrogen-bond donors (Lipinski definition) is 1. The number of fused-ring (bicyclic) bond motifs is 1. The van der Waals surface area contributed by atoms with Gasteiger partial charge in [-0.1, -0.05) is 25.0 Å². The molecule has 1 aromatic carbocycles. The first-order chi connectivity index (χ1) is 16.4. The Kier molecular flexibility index (Phi) is 6.16. The van der Waals surface area contributed by atoms with Crippen LogP contribution in [0.3, 0.4) is 0 Å². The number of nitrogens with zero attached hydrogens (tertiary/aromatic N) is 3. The Morgan fingerprint density at radius 2 is 1.68 bits per heavy atom. The second-order valence-electron chi connectivity index (χ2n) is 9.69. The van der Waals surface area contributed by atoms with Gasteiger partial charge < -0.3 is 19.6 Å². The topological polar surface area (TPSA) is 90.4 Å². The molecule has 4 aliphatic rings. The monoisotopic (exact) mass is 471 g/mol. The maximum atomic E-state index is 13.5. The lowest BCUT2D eigenvalue weighted by Gasteiger charge is -2.46. The fourth-order valence-electron chi connectivity index (χ4n) is 5.97. The van der Waals surface area contributed by atoms with Gasteiger partial charge in [-0.15, -0.1) is 0 Å². The van der Waals surface area contributed by atoms with Gasteiger partial charge in [0.1, 0.15) is 11.7 Å². The molecule has 5 rings (SSSR count). The summed E-state index contributed by atoms with van der Waals surface area (Å²) in [4.78, 5) is 45.0. The summed E-state index contributed by atoms with van der Waals surface area (Å²) in [6, 6.07) is 5.81. The first-order valence-electron chi connectivity index (χ1n) is 12.0. The van der Waals surface area contributed by atoms with Gasteiger partial charge in [-0.25, -0.2) is 4.39 Å². The molecule has 0 radical (unpaired) electrons. The Bertz CT molecular complexity index is 1010. The van der Waals surface area contributed by atoms with Gasteiger partial charge in [0.2, 0.25) is 11.7 Å². The number of rotatable bonds is 5. The van der Waals surface area contributed by atoms with E-state index < -0.39 is 29.3 Å². The minimum atomic E-state index is -0.985. The van der Waals surface area contributed by atoms with Crippen molar-refractivity contribution in [3.63, 3.8) is 0 Å². The summed E-state index contributed by atoms with van der Waals surface area (Å²) in [7, 11) is 0.